The molecule has 0 radical (unpaired) electrons. The number of hydrogen-bond acceptors (Lipinski definition) is 6. The van der Waals surface area contributed by atoms with Crippen molar-refractivity contribution in [2.75, 3.05) is 18.5 Å². The summed E-state index contributed by atoms with van der Waals surface area (Å²) < 4.78 is 5.44. The van der Waals surface area contributed by atoms with Gasteiger partial charge in [0.1, 0.15) is 11.4 Å². The highest BCUT2D eigenvalue weighted by atomic mass is 16.5. The fourth-order valence-electron chi connectivity index (χ4n) is 3.46. The van der Waals surface area contributed by atoms with E-state index in [1.165, 1.54) is 0 Å². The molecule has 156 valence electrons. The van der Waals surface area contributed by atoms with Crippen LogP contribution in [0.3, 0.4) is 0 Å². The Balaban J connectivity index is 1.35. The largest absolute Gasteiger partial charge is 0.493 e. The summed E-state index contributed by atoms with van der Waals surface area (Å²) in [6, 6.07) is 15.4. The first kappa shape index (κ1) is 20.2. The van der Waals surface area contributed by atoms with Crippen LogP contribution in [0.2, 0.25) is 0 Å². The molecule has 3 aromatic rings. The average Bonchev–Trinajstić information content (AvgIpc) is 3.03. The Morgan fingerprint density at radius 2 is 1.45 bits per heavy atom. The van der Waals surface area contributed by atoms with Crippen molar-refractivity contribution >= 4 is 23.4 Å². The van der Waals surface area contributed by atoms with Crippen LogP contribution in [0.4, 0.5) is 5.69 Å². The number of para-hydroxylation sites is 1. The van der Waals surface area contributed by atoms with E-state index in [0.717, 1.165) is 4.90 Å². The van der Waals surface area contributed by atoms with E-state index in [-0.39, 0.29) is 37.2 Å². The number of nitrogens with zero attached hydrogens (tertiary/aromatic N) is 1. The third-order valence-corrected chi connectivity index (χ3v) is 5.08. The molecule has 31 heavy (non-hydrogen) atoms. The summed E-state index contributed by atoms with van der Waals surface area (Å²) in [5.74, 6) is -0.734. The lowest BCUT2D eigenvalue weighted by Gasteiger charge is -2.16. The molecule has 0 fully saturated rings. The van der Waals surface area contributed by atoms with Crippen LogP contribution in [-0.2, 0) is 11.2 Å². The molecule has 0 aliphatic carbocycles. The van der Waals surface area contributed by atoms with Gasteiger partial charge in [0.25, 0.3) is 11.8 Å². The smallest absolute Gasteiger partial charge is 0.261 e. The van der Waals surface area contributed by atoms with E-state index in [2.05, 4.69) is 5.32 Å². The van der Waals surface area contributed by atoms with Crippen LogP contribution >= 0.6 is 0 Å². The molecule has 0 unspecified atom stereocenters. The van der Waals surface area contributed by atoms with Gasteiger partial charge in [0.05, 0.1) is 24.2 Å². The van der Waals surface area contributed by atoms with Gasteiger partial charge in [-0.25, -0.2) is 0 Å². The number of benzene rings is 2. The zero-order chi connectivity index (χ0) is 22.0. The molecule has 3 amide bonds. The number of rotatable bonds is 8. The molecule has 0 spiro atoms. The molecule has 8 heteroatoms. The number of carbonyl (C=O) groups excluding carboxylic acids is 3. The summed E-state index contributed by atoms with van der Waals surface area (Å²) in [4.78, 5) is 61.9. The molecule has 4 rings (SSSR count). The topological polar surface area (TPSA) is 110 Å². The highest BCUT2D eigenvalue weighted by Gasteiger charge is 2.35. The molecular formula is C23H18N2O6. The van der Waals surface area contributed by atoms with Crippen molar-refractivity contribution in [1.82, 2.24) is 4.90 Å². The van der Waals surface area contributed by atoms with Crippen LogP contribution in [0.15, 0.2) is 64.2 Å². The SMILES string of the molecule is O=C(CCOc1ccccc1)Nc1c(CCN2C(=O)c3ccccc3C2=O)c(=O)c1=O. The second kappa shape index (κ2) is 8.35. The number of amides is 3. The van der Waals surface area contributed by atoms with Crippen LogP contribution in [-0.4, -0.2) is 35.8 Å². The fourth-order valence-corrected chi connectivity index (χ4v) is 3.46. The normalized spacial score (nSPS) is 12.8. The highest BCUT2D eigenvalue weighted by molar-refractivity contribution is 6.21. The number of imide groups is 1. The maximum absolute atomic E-state index is 12.4. The van der Waals surface area contributed by atoms with Gasteiger partial charge < -0.3 is 10.1 Å². The van der Waals surface area contributed by atoms with E-state index in [9.17, 15) is 24.0 Å². The fraction of sp³-hybridized carbons (Fsp3) is 0.174. The first-order chi connectivity index (χ1) is 15.0. The van der Waals surface area contributed by atoms with Crippen molar-refractivity contribution in [2.24, 2.45) is 0 Å². The molecule has 1 aliphatic heterocycles. The van der Waals surface area contributed by atoms with Gasteiger partial charge in [-0.1, -0.05) is 30.3 Å². The summed E-state index contributed by atoms with van der Waals surface area (Å²) in [5.41, 5.74) is -0.846. The monoisotopic (exact) mass is 418 g/mol. The van der Waals surface area contributed by atoms with Crippen LogP contribution in [0, 0.1) is 0 Å². The number of carbonyl (C=O) groups is 3. The lowest BCUT2D eigenvalue weighted by molar-refractivity contribution is -0.116. The standard InChI is InChI=1S/C23H18N2O6/c26-18(11-13-31-14-6-2-1-3-7-14)24-19-17(20(27)21(19)28)10-12-25-22(29)15-8-4-5-9-16(15)23(25)30/h1-9H,10-13H2,(H,24,26). The van der Waals surface area contributed by atoms with Gasteiger partial charge >= 0.3 is 0 Å². The second-order valence-corrected chi connectivity index (χ2v) is 7.03. The lowest BCUT2D eigenvalue weighted by atomic mass is 10.0. The van der Waals surface area contributed by atoms with Gasteiger partial charge in [-0.05, 0) is 30.7 Å². The predicted molar refractivity (Wildman–Crippen MR) is 112 cm³/mol. The third kappa shape index (κ3) is 3.87. The van der Waals surface area contributed by atoms with Crippen LogP contribution in [0.5, 0.6) is 5.75 Å². The van der Waals surface area contributed by atoms with Crippen molar-refractivity contribution in [3.8, 4) is 5.75 Å². The Morgan fingerprint density at radius 1 is 0.839 bits per heavy atom. The van der Waals surface area contributed by atoms with Crippen LogP contribution in [0.25, 0.3) is 0 Å². The van der Waals surface area contributed by atoms with Gasteiger partial charge in [0.15, 0.2) is 0 Å². The molecule has 0 aromatic heterocycles. The molecule has 0 bridgehead atoms. The third-order valence-electron chi connectivity index (χ3n) is 5.08. The lowest BCUT2D eigenvalue weighted by Crippen LogP contribution is -2.42. The van der Waals surface area contributed by atoms with Crippen LogP contribution < -0.4 is 20.9 Å². The van der Waals surface area contributed by atoms with Gasteiger partial charge in [-0.3, -0.25) is 28.9 Å². The number of fused-ring (bicyclic) bond motifs is 1. The molecule has 8 nitrogen and oxygen atoms in total. The van der Waals surface area contributed by atoms with Crippen molar-refractivity contribution in [1.29, 1.82) is 0 Å². The van der Waals surface area contributed by atoms with Gasteiger partial charge in [-0.15, -0.1) is 0 Å². The molecule has 3 aromatic carbocycles. The van der Waals surface area contributed by atoms with E-state index < -0.39 is 28.6 Å². The minimum Gasteiger partial charge on any atom is -0.493 e. The number of ether oxygens (including phenoxy) is 1. The highest BCUT2D eigenvalue weighted by Crippen LogP contribution is 2.23. The molecule has 1 heterocycles. The number of nitrogens with one attached hydrogen (secondary N) is 1. The Kier molecular flexibility index (Phi) is 5.44. The summed E-state index contributed by atoms with van der Waals surface area (Å²) in [5, 5.41) is 2.45. The molecule has 0 atom stereocenters. The molecule has 0 saturated carbocycles. The summed E-state index contributed by atoms with van der Waals surface area (Å²) in [7, 11) is 0. The minimum atomic E-state index is -0.783. The first-order valence-electron chi connectivity index (χ1n) is 9.72. The van der Waals surface area contributed by atoms with E-state index in [4.69, 9.17) is 4.74 Å². The Hall–Kier alpha value is -4.07. The van der Waals surface area contributed by atoms with Gasteiger partial charge in [0.2, 0.25) is 16.8 Å². The Bertz CT molecular complexity index is 1210. The zero-order valence-electron chi connectivity index (χ0n) is 16.4. The van der Waals surface area contributed by atoms with Crippen molar-refractivity contribution in [2.45, 2.75) is 12.8 Å². The van der Waals surface area contributed by atoms with Crippen LogP contribution in [0.1, 0.15) is 32.7 Å². The zero-order valence-corrected chi connectivity index (χ0v) is 16.4. The van der Waals surface area contributed by atoms with Gasteiger partial charge in [0, 0.05) is 12.1 Å². The Morgan fingerprint density at radius 3 is 2.10 bits per heavy atom. The number of anilines is 1. The molecular weight excluding hydrogens is 400 g/mol. The van der Waals surface area contributed by atoms with Gasteiger partial charge in [-0.2, -0.15) is 0 Å². The average molecular weight is 418 g/mol. The van der Waals surface area contributed by atoms with Crippen molar-refractivity contribution in [3.63, 3.8) is 0 Å². The predicted octanol–water partition coefficient (Wildman–Crippen LogP) is 1.53. The molecule has 1 N–H and O–H groups in total. The van der Waals surface area contributed by atoms with E-state index >= 15 is 0 Å². The second-order valence-electron chi connectivity index (χ2n) is 7.03. The Labute approximate surface area is 176 Å². The van der Waals surface area contributed by atoms with Crippen molar-refractivity contribution in [3.05, 3.63) is 91.7 Å². The van der Waals surface area contributed by atoms with E-state index in [1.54, 1.807) is 48.5 Å². The van der Waals surface area contributed by atoms with Crippen molar-refractivity contribution < 1.29 is 19.1 Å². The minimum absolute atomic E-state index is 0.00777. The summed E-state index contributed by atoms with van der Waals surface area (Å²) in [6.07, 6.45) is -0.0161. The van der Waals surface area contributed by atoms with E-state index in [1.807, 2.05) is 6.07 Å². The number of hydrogen-bond donors (Lipinski definition) is 1. The quantitative estimate of drug-likeness (QED) is 0.439. The maximum Gasteiger partial charge on any atom is 0.261 e. The summed E-state index contributed by atoms with van der Waals surface area (Å²) >= 11 is 0. The first-order valence-corrected chi connectivity index (χ1v) is 9.72. The van der Waals surface area contributed by atoms with E-state index in [0.29, 0.717) is 16.9 Å². The maximum atomic E-state index is 12.4. The molecule has 1 aliphatic rings. The molecule has 0 saturated heterocycles. The summed E-state index contributed by atoms with van der Waals surface area (Å²) in [6.45, 7) is 0.0484.